The third-order valence-electron chi connectivity index (χ3n) is 6.40. The maximum Gasteiger partial charge on any atom is 0.311 e. The zero-order valence-corrected chi connectivity index (χ0v) is 21.7. The summed E-state index contributed by atoms with van der Waals surface area (Å²) in [7, 11) is 0. The summed E-state index contributed by atoms with van der Waals surface area (Å²) in [6, 6.07) is 10.6. The number of carbonyl (C=O) groups excluding carboxylic acids is 1. The van der Waals surface area contributed by atoms with Gasteiger partial charge in [0.2, 0.25) is 12.2 Å². The van der Waals surface area contributed by atoms with E-state index in [1.165, 1.54) is 12.1 Å². The normalized spacial score (nSPS) is 15.0. The second kappa shape index (κ2) is 12.3. The summed E-state index contributed by atoms with van der Waals surface area (Å²) < 4.78 is 2.04. The van der Waals surface area contributed by atoms with Crippen LogP contribution in [0.2, 0.25) is 10.0 Å². The van der Waals surface area contributed by atoms with Crippen molar-refractivity contribution in [2.24, 2.45) is 0 Å². The van der Waals surface area contributed by atoms with E-state index in [0.29, 0.717) is 48.0 Å². The molecule has 196 valence electrons. The van der Waals surface area contributed by atoms with E-state index in [1.807, 2.05) is 22.9 Å². The van der Waals surface area contributed by atoms with Crippen molar-refractivity contribution in [1.82, 2.24) is 14.9 Å². The Morgan fingerprint density at radius 2 is 2.14 bits per heavy atom. The van der Waals surface area contributed by atoms with E-state index in [2.05, 4.69) is 15.6 Å². The molecule has 12 heteroatoms. The van der Waals surface area contributed by atoms with Gasteiger partial charge in [-0.05, 0) is 56.5 Å². The highest BCUT2D eigenvalue weighted by Gasteiger charge is 2.19. The average Bonchev–Trinajstić information content (AvgIpc) is 3.53. The number of aryl methyl sites for hydroxylation is 1. The van der Waals surface area contributed by atoms with Crippen molar-refractivity contribution in [3.63, 3.8) is 0 Å². The summed E-state index contributed by atoms with van der Waals surface area (Å²) in [6.45, 7) is 2.78. The summed E-state index contributed by atoms with van der Waals surface area (Å²) in [5.74, 6) is 1.11. The number of carbonyl (C=O) groups is 1. The molecule has 0 saturated carbocycles. The zero-order valence-electron chi connectivity index (χ0n) is 20.2. The molecule has 4 N–H and O–H groups in total. The third kappa shape index (κ3) is 6.71. The Hall–Kier alpha value is -3.34. The smallest absolute Gasteiger partial charge is 0.311 e. The summed E-state index contributed by atoms with van der Waals surface area (Å²) in [5, 5.41) is 18.7. The quantitative estimate of drug-likeness (QED) is 0.127. The largest absolute Gasteiger partial charge is 0.378 e. The number of nitro groups is 1. The fourth-order valence-electron chi connectivity index (χ4n) is 4.50. The minimum absolute atomic E-state index is 0.134. The van der Waals surface area contributed by atoms with Crippen LogP contribution in [0.1, 0.15) is 25.7 Å². The number of nitrogen functional groups attached to an aromatic ring is 1. The highest BCUT2D eigenvalue weighted by atomic mass is 35.5. The first-order valence-electron chi connectivity index (χ1n) is 12.1. The molecule has 3 heterocycles. The summed E-state index contributed by atoms with van der Waals surface area (Å²) in [6.07, 6.45) is 6.70. The van der Waals surface area contributed by atoms with Crippen LogP contribution in [-0.4, -0.2) is 46.6 Å². The Bertz CT molecular complexity index is 1260. The van der Waals surface area contributed by atoms with Gasteiger partial charge in [0, 0.05) is 59.1 Å². The molecular weight excluding hydrogens is 517 g/mol. The van der Waals surface area contributed by atoms with Crippen molar-refractivity contribution in [2.75, 3.05) is 35.6 Å². The van der Waals surface area contributed by atoms with E-state index in [1.54, 1.807) is 17.0 Å². The molecule has 1 atom stereocenters. The Morgan fingerprint density at radius 1 is 1.30 bits per heavy atom. The van der Waals surface area contributed by atoms with Crippen LogP contribution >= 0.6 is 23.2 Å². The van der Waals surface area contributed by atoms with Crippen LogP contribution in [0.5, 0.6) is 0 Å². The number of nitrogens with zero attached hydrogens (tertiary/aromatic N) is 4. The van der Waals surface area contributed by atoms with Crippen LogP contribution in [0.25, 0.3) is 11.1 Å². The number of hydrogen-bond donors (Lipinski definition) is 3. The van der Waals surface area contributed by atoms with E-state index >= 15 is 0 Å². The second-order valence-corrected chi connectivity index (χ2v) is 9.77. The van der Waals surface area contributed by atoms with Crippen LogP contribution in [0.4, 0.5) is 23.1 Å². The molecule has 4 rings (SSSR count). The molecule has 3 aromatic rings. The molecule has 1 aromatic carbocycles. The van der Waals surface area contributed by atoms with Crippen LogP contribution in [-0.2, 0) is 11.3 Å². The highest BCUT2D eigenvalue weighted by molar-refractivity contribution is 6.36. The van der Waals surface area contributed by atoms with Gasteiger partial charge < -0.3 is 25.8 Å². The van der Waals surface area contributed by atoms with Gasteiger partial charge in [-0.15, -0.1) is 0 Å². The van der Waals surface area contributed by atoms with Crippen molar-refractivity contribution < 1.29 is 9.72 Å². The highest BCUT2D eigenvalue weighted by Crippen LogP contribution is 2.34. The van der Waals surface area contributed by atoms with E-state index in [9.17, 15) is 14.9 Å². The second-order valence-electron chi connectivity index (χ2n) is 8.92. The minimum atomic E-state index is -0.564. The van der Waals surface area contributed by atoms with Crippen LogP contribution in [0.3, 0.4) is 0 Å². The first-order chi connectivity index (χ1) is 17.9. The predicted molar refractivity (Wildman–Crippen MR) is 147 cm³/mol. The van der Waals surface area contributed by atoms with E-state index in [-0.39, 0.29) is 11.5 Å². The van der Waals surface area contributed by atoms with Gasteiger partial charge in [-0.2, -0.15) is 0 Å². The standard InChI is InChI=1S/C25H29Cl2N7O3/c26-18-4-5-20(21(27)14-18)17-13-24(33(16-35)12-8-19-3-1-9-29-19)32(15-17)11-2-10-30-23-7-6-22(34(36)37)25(28)31-23/h4-7,13-16,19,29H,1-3,8-12H2,(H3,28,30,31). The number of benzene rings is 1. The SMILES string of the molecule is Nc1nc(NCCCn2cc(-c3ccc(Cl)cc3Cl)cc2N(C=O)CCC2CCCN2)ccc1[N+](=O)[O-]. The lowest BCUT2D eigenvalue weighted by atomic mass is 10.1. The molecule has 2 aromatic heterocycles. The van der Waals surface area contributed by atoms with E-state index in [0.717, 1.165) is 49.2 Å². The van der Waals surface area contributed by atoms with Gasteiger partial charge in [-0.3, -0.25) is 14.9 Å². The molecule has 0 bridgehead atoms. The molecule has 1 amide bonds. The molecule has 1 unspecified atom stereocenters. The fourth-order valence-corrected chi connectivity index (χ4v) is 5.01. The molecule has 37 heavy (non-hydrogen) atoms. The molecular formula is C25H29Cl2N7O3. The lowest BCUT2D eigenvalue weighted by Gasteiger charge is -2.21. The van der Waals surface area contributed by atoms with Gasteiger partial charge in [0.15, 0.2) is 0 Å². The lowest BCUT2D eigenvalue weighted by Crippen LogP contribution is -2.31. The predicted octanol–water partition coefficient (Wildman–Crippen LogP) is 4.95. The number of halogens is 2. The van der Waals surface area contributed by atoms with Gasteiger partial charge in [-0.25, -0.2) is 4.98 Å². The van der Waals surface area contributed by atoms with Crippen LogP contribution in [0, 0.1) is 10.1 Å². The van der Waals surface area contributed by atoms with Gasteiger partial charge in [0.1, 0.15) is 11.6 Å². The molecule has 1 aliphatic rings. The van der Waals surface area contributed by atoms with Gasteiger partial charge in [0.25, 0.3) is 0 Å². The summed E-state index contributed by atoms with van der Waals surface area (Å²) >= 11 is 12.6. The van der Waals surface area contributed by atoms with Crippen molar-refractivity contribution in [2.45, 2.75) is 38.3 Å². The van der Waals surface area contributed by atoms with Crippen molar-refractivity contribution >= 4 is 52.8 Å². The Kier molecular flexibility index (Phi) is 8.86. The zero-order chi connectivity index (χ0) is 26.4. The number of nitrogens with one attached hydrogen (secondary N) is 2. The minimum Gasteiger partial charge on any atom is -0.378 e. The summed E-state index contributed by atoms with van der Waals surface area (Å²) in [5.41, 5.74) is 7.18. The molecule has 1 saturated heterocycles. The maximum atomic E-state index is 12.1. The van der Waals surface area contributed by atoms with Crippen molar-refractivity contribution in [1.29, 1.82) is 0 Å². The first-order valence-corrected chi connectivity index (χ1v) is 12.9. The molecule has 0 spiro atoms. The van der Waals surface area contributed by atoms with E-state index in [4.69, 9.17) is 28.9 Å². The summed E-state index contributed by atoms with van der Waals surface area (Å²) in [4.78, 5) is 28.3. The lowest BCUT2D eigenvalue weighted by molar-refractivity contribution is -0.384. The fraction of sp³-hybridized carbons (Fsp3) is 0.360. The monoisotopic (exact) mass is 545 g/mol. The number of aromatic nitrogens is 2. The van der Waals surface area contributed by atoms with Gasteiger partial charge in [0.05, 0.1) is 4.92 Å². The number of rotatable bonds is 12. The third-order valence-corrected chi connectivity index (χ3v) is 6.95. The van der Waals surface area contributed by atoms with Crippen LogP contribution in [0.15, 0.2) is 42.6 Å². The topological polar surface area (TPSA) is 131 Å². The average molecular weight is 546 g/mol. The number of amides is 1. The van der Waals surface area contributed by atoms with Gasteiger partial charge >= 0.3 is 5.69 Å². The Labute approximate surface area is 224 Å². The maximum absolute atomic E-state index is 12.1. The number of anilines is 3. The molecule has 10 nitrogen and oxygen atoms in total. The molecule has 1 fully saturated rings. The Morgan fingerprint density at radius 3 is 2.81 bits per heavy atom. The van der Waals surface area contributed by atoms with Crippen LogP contribution < -0.4 is 21.3 Å². The molecule has 1 aliphatic heterocycles. The number of hydrogen-bond acceptors (Lipinski definition) is 7. The first kappa shape index (κ1) is 26.7. The molecule has 0 aliphatic carbocycles. The van der Waals surface area contributed by atoms with E-state index < -0.39 is 4.92 Å². The van der Waals surface area contributed by atoms with Crippen molar-refractivity contribution in [3.05, 3.63) is 62.8 Å². The van der Waals surface area contributed by atoms with Gasteiger partial charge in [-0.1, -0.05) is 29.3 Å². The number of pyridine rings is 1. The number of nitrogens with two attached hydrogens (primary N) is 1. The van der Waals surface area contributed by atoms with Crippen molar-refractivity contribution in [3.8, 4) is 11.1 Å². The Balaban J connectivity index is 1.48. The molecule has 0 radical (unpaired) electrons.